The molecule has 0 unspecified atom stereocenters. The summed E-state index contributed by atoms with van der Waals surface area (Å²) in [6.45, 7) is 14.2. The molecule has 1 heterocycles. The maximum absolute atomic E-state index is 6.76. The number of nitrogens with one attached hydrogen (secondary N) is 1. The Labute approximate surface area is 189 Å². The van der Waals surface area contributed by atoms with Gasteiger partial charge in [-0.3, -0.25) is 4.99 Å². The third kappa shape index (κ3) is 6.68. The van der Waals surface area contributed by atoms with Crippen molar-refractivity contribution in [3.63, 3.8) is 0 Å². The molecule has 1 aliphatic heterocycles. The van der Waals surface area contributed by atoms with Crippen molar-refractivity contribution in [2.75, 3.05) is 40.3 Å². The summed E-state index contributed by atoms with van der Waals surface area (Å²) in [7, 11) is 4.08. The lowest BCUT2D eigenvalue weighted by Crippen LogP contribution is -2.55. The van der Waals surface area contributed by atoms with Crippen LogP contribution in [0.5, 0.6) is 0 Å². The van der Waals surface area contributed by atoms with E-state index in [1.165, 1.54) is 17.6 Å². The molecule has 172 valence electrons. The second-order valence-corrected chi connectivity index (χ2v) is 9.25. The largest absolute Gasteiger partial charge is 0.399 e. The molecule has 5 heteroatoms. The van der Waals surface area contributed by atoms with Crippen LogP contribution in [0.2, 0.25) is 0 Å². The van der Waals surface area contributed by atoms with Gasteiger partial charge >= 0.3 is 0 Å². The standard InChI is InChI=1S/C26H43N5/c1-7-9-21-10-12-22(13-11-21)25(28)24(14-23(15-29-5)19(3)27)20(4)30-16-26(8-2)17-31(6)18-26/h10,12,14,29H,3,7-9,11,13,15-18,27-28H2,1-2,4-6H3/b23-14+,25-24?,30-20?. The van der Waals surface area contributed by atoms with Crippen LogP contribution >= 0.6 is 0 Å². The average molecular weight is 426 g/mol. The summed E-state index contributed by atoms with van der Waals surface area (Å²) in [4.78, 5) is 7.39. The van der Waals surface area contributed by atoms with Gasteiger partial charge in [0.15, 0.2) is 0 Å². The van der Waals surface area contributed by atoms with Crippen LogP contribution < -0.4 is 16.8 Å². The van der Waals surface area contributed by atoms with E-state index in [1.807, 2.05) is 7.05 Å². The molecule has 1 aliphatic carbocycles. The van der Waals surface area contributed by atoms with E-state index in [1.54, 1.807) is 0 Å². The normalized spacial score (nSPS) is 20.5. The topological polar surface area (TPSA) is 79.7 Å². The van der Waals surface area contributed by atoms with Gasteiger partial charge in [0.1, 0.15) is 0 Å². The Bertz CT molecular complexity index is 804. The highest BCUT2D eigenvalue weighted by atomic mass is 15.2. The molecular formula is C26H43N5. The first-order valence-corrected chi connectivity index (χ1v) is 11.6. The van der Waals surface area contributed by atoms with E-state index < -0.39 is 0 Å². The Morgan fingerprint density at radius 3 is 2.45 bits per heavy atom. The highest BCUT2D eigenvalue weighted by Gasteiger charge is 2.39. The van der Waals surface area contributed by atoms with Gasteiger partial charge in [0.05, 0.1) is 0 Å². The molecule has 0 aromatic rings. The Morgan fingerprint density at radius 2 is 1.97 bits per heavy atom. The van der Waals surface area contributed by atoms with Crippen molar-refractivity contribution in [2.24, 2.45) is 21.9 Å². The molecule has 0 atom stereocenters. The van der Waals surface area contributed by atoms with E-state index in [4.69, 9.17) is 16.5 Å². The van der Waals surface area contributed by atoms with Gasteiger partial charge in [-0.25, -0.2) is 0 Å². The van der Waals surface area contributed by atoms with Crippen LogP contribution in [0.1, 0.15) is 52.9 Å². The average Bonchev–Trinajstić information content (AvgIpc) is 2.73. The van der Waals surface area contributed by atoms with E-state index >= 15 is 0 Å². The number of aliphatic imine (C=N–C) groups is 1. The summed E-state index contributed by atoms with van der Waals surface area (Å²) < 4.78 is 0. The van der Waals surface area contributed by atoms with Crippen molar-refractivity contribution in [3.8, 4) is 0 Å². The summed E-state index contributed by atoms with van der Waals surface area (Å²) in [5, 5.41) is 3.18. The van der Waals surface area contributed by atoms with E-state index in [0.29, 0.717) is 12.2 Å². The van der Waals surface area contributed by atoms with E-state index in [0.717, 1.165) is 67.9 Å². The maximum atomic E-state index is 6.76. The predicted octanol–water partition coefficient (Wildman–Crippen LogP) is 4.07. The fraction of sp³-hybridized carbons (Fsp3) is 0.577. The van der Waals surface area contributed by atoms with E-state index in [-0.39, 0.29) is 5.41 Å². The van der Waals surface area contributed by atoms with Gasteiger partial charge in [-0.05, 0) is 63.9 Å². The van der Waals surface area contributed by atoms with Crippen LogP contribution in [-0.2, 0) is 0 Å². The summed E-state index contributed by atoms with van der Waals surface area (Å²) in [6.07, 6.45) is 12.0. The molecule has 0 spiro atoms. The van der Waals surface area contributed by atoms with Gasteiger partial charge in [-0.15, -0.1) is 0 Å². The maximum Gasteiger partial charge on any atom is 0.0473 e. The van der Waals surface area contributed by atoms with Gasteiger partial charge < -0.3 is 21.7 Å². The number of rotatable bonds is 11. The van der Waals surface area contributed by atoms with Crippen molar-refractivity contribution in [2.45, 2.75) is 52.9 Å². The zero-order valence-electron chi connectivity index (χ0n) is 20.4. The molecule has 0 amide bonds. The van der Waals surface area contributed by atoms with Crippen LogP contribution in [0.15, 0.2) is 63.5 Å². The van der Waals surface area contributed by atoms with Gasteiger partial charge in [-0.1, -0.05) is 44.6 Å². The number of hydrogen-bond acceptors (Lipinski definition) is 5. The first-order chi connectivity index (χ1) is 14.7. The van der Waals surface area contributed by atoms with E-state index in [2.05, 4.69) is 62.8 Å². The molecule has 0 aromatic carbocycles. The Balaban J connectivity index is 2.43. The monoisotopic (exact) mass is 425 g/mol. The number of likely N-dealkylation sites (tertiary alicyclic amines) is 1. The molecule has 5 nitrogen and oxygen atoms in total. The third-order valence-electron chi connectivity index (χ3n) is 6.54. The molecule has 0 radical (unpaired) electrons. The number of hydrogen-bond donors (Lipinski definition) is 3. The number of likely N-dealkylation sites (N-methyl/N-ethyl adjacent to an activating group) is 1. The first kappa shape index (κ1) is 25.2. The third-order valence-corrected chi connectivity index (χ3v) is 6.54. The molecule has 0 saturated carbocycles. The van der Waals surface area contributed by atoms with Gasteiger partial charge in [-0.2, -0.15) is 0 Å². The van der Waals surface area contributed by atoms with Crippen LogP contribution in [0.4, 0.5) is 0 Å². The fourth-order valence-corrected chi connectivity index (χ4v) is 4.51. The quantitative estimate of drug-likeness (QED) is 0.344. The van der Waals surface area contributed by atoms with Crippen molar-refractivity contribution < 1.29 is 0 Å². The fourth-order valence-electron chi connectivity index (χ4n) is 4.51. The molecule has 0 aromatic heterocycles. The minimum Gasteiger partial charge on any atom is -0.399 e. The number of allylic oxidation sites excluding steroid dienone is 6. The molecule has 31 heavy (non-hydrogen) atoms. The van der Waals surface area contributed by atoms with Crippen molar-refractivity contribution >= 4 is 5.71 Å². The zero-order chi connectivity index (χ0) is 23.0. The molecule has 0 bridgehead atoms. The van der Waals surface area contributed by atoms with Crippen molar-refractivity contribution in [3.05, 3.63) is 58.5 Å². The molecule has 1 saturated heterocycles. The molecule has 5 N–H and O–H groups in total. The Morgan fingerprint density at radius 1 is 1.26 bits per heavy atom. The lowest BCUT2D eigenvalue weighted by molar-refractivity contribution is 0.0274. The minimum atomic E-state index is 0.284. The summed E-state index contributed by atoms with van der Waals surface area (Å²) >= 11 is 0. The lowest BCUT2D eigenvalue weighted by Gasteiger charge is -2.47. The second-order valence-electron chi connectivity index (χ2n) is 9.25. The predicted molar refractivity (Wildman–Crippen MR) is 135 cm³/mol. The highest BCUT2D eigenvalue weighted by Crippen LogP contribution is 2.33. The summed E-state index contributed by atoms with van der Waals surface area (Å²) in [5.74, 6) is 0. The van der Waals surface area contributed by atoms with E-state index in [9.17, 15) is 0 Å². The van der Waals surface area contributed by atoms with Gasteiger partial charge in [0.2, 0.25) is 0 Å². The van der Waals surface area contributed by atoms with Crippen LogP contribution in [0.25, 0.3) is 0 Å². The molecule has 1 fully saturated rings. The van der Waals surface area contributed by atoms with Crippen molar-refractivity contribution in [1.82, 2.24) is 10.2 Å². The highest BCUT2D eigenvalue weighted by molar-refractivity contribution is 6.02. The van der Waals surface area contributed by atoms with Crippen molar-refractivity contribution in [1.29, 1.82) is 0 Å². The number of nitrogens with zero attached hydrogens (tertiary/aromatic N) is 2. The van der Waals surface area contributed by atoms with Crippen LogP contribution in [0.3, 0.4) is 0 Å². The molecular weight excluding hydrogens is 382 g/mol. The van der Waals surface area contributed by atoms with Gasteiger partial charge in [0, 0.05) is 54.3 Å². The summed E-state index contributed by atoms with van der Waals surface area (Å²) in [5.41, 5.74) is 20.0. The number of nitrogens with two attached hydrogens (primary N) is 2. The Hall–Kier alpha value is -2.11. The van der Waals surface area contributed by atoms with Crippen LogP contribution in [-0.4, -0.2) is 50.9 Å². The summed E-state index contributed by atoms with van der Waals surface area (Å²) in [6, 6.07) is 0. The second kappa shape index (κ2) is 11.5. The Kier molecular flexibility index (Phi) is 9.32. The van der Waals surface area contributed by atoms with Gasteiger partial charge in [0.25, 0.3) is 0 Å². The smallest absolute Gasteiger partial charge is 0.0473 e. The molecule has 2 aliphatic rings. The molecule has 2 rings (SSSR count). The first-order valence-electron chi connectivity index (χ1n) is 11.6. The SMILES string of the molecule is C=C(N)/C(=C/C(C(C)=NCC1(CC)CN(C)C1)=C(N)C1=CC=C(CCC)CC1)CNC. The minimum absolute atomic E-state index is 0.284. The zero-order valence-corrected chi connectivity index (χ0v) is 20.4. The lowest BCUT2D eigenvalue weighted by atomic mass is 9.78. The van der Waals surface area contributed by atoms with Crippen LogP contribution in [0, 0.1) is 5.41 Å².